The number of anilines is 1. The number of esters is 1. The molecule has 2 heterocycles. The lowest BCUT2D eigenvalue weighted by molar-refractivity contribution is -0.143. The summed E-state index contributed by atoms with van der Waals surface area (Å²) in [5.41, 5.74) is 1.06. The van der Waals surface area contributed by atoms with E-state index < -0.39 is 35.5 Å². The molecule has 0 saturated carbocycles. The molecule has 32 heavy (non-hydrogen) atoms. The Bertz CT molecular complexity index is 1240. The number of aryl methyl sites for hydroxylation is 1. The number of benzene rings is 2. The molecule has 1 aliphatic heterocycles. The molecule has 1 unspecified atom stereocenters. The number of H-pyrrole nitrogens is 1. The number of fused-ring (bicyclic) bond motifs is 2. The molecule has 2 aromatic carbocycles. The number of rotatable bonds is 5. The van der Waals surface area contributed by atoms with Crippen LogP contribution in [0.4, 0.5) is 18.9 Å². The zero-order valence-electron chi connectivity index (χ0n) is 16.7. The molecule has 0 radical (unpaired) electrons. The van der Waals surface area contributed by atoms with Crippen LogP contribution in [0.25, 0.3) is 10.9 Å². The summed E-state index contributed by atoms with van der Waals surface area (Å²) in [5.74, 6) is -1.73. The molecular weight excluding hydrogens is 445 g/mol. The van der Waals surface area contributed by atoms with Crippen molar-refractivity contribution in [2.24, 2.45) is 0 Å². The van der Waals surface area contributed by atoms with E-state index >= 15 is 0 Å². The first-order chi connectivity index (χ1) is 15.1. The van der Waals surface area contributed by atoms with Crippen molar-refractivity contribution in [3.8, 4) is 0 Å². The summed E-state index contributed by atoms with van der Waals surface area (Å²) >= 11 is 0.979. The molecule has 6 nitrogen and oxygen atoms in total. The Balaban J connectivity index is 1.39. The highest BCUT2D eigenvalue weighted by Crippen LogP contribution is 2.40. The van der Waals surface area contributed by atoms with Crippen LogP contribution in [0, 0.1) is 6.92 Å². The lowest BCUT2D eigenvalue weighted by Crippen LogP contribution is -2.32. The molecule has 1 aromatic heterocycles. The number of Topliss-reactive ketones (excluding diaryl/α,β-unsaturated/α-hetero) is 1. The zero-order chi connectivity index (χ0) is 23.0. The van der Waals surface area contributed by atoms with Crippen molar-refractivity contribution in [1.82, 2.24) is 4.98 Å². The lowest BCUT2D eigenvalue weighted by Gasteiger charge is -2.24. The molecule has 2 N–H and O–H groups in total. The molecule has 1 atom stereocenters. The van der Waals surface area contributed by atoms with Crippen molar-refractivity contribution in [2.45, 2.75) is 29.7 Å². The van der Waals surface area contributed by atoms with Gasteiger partial charge in [0, 0.05) is 27.1 Å². The number of ketones is 1. The highest BCUT2D eigenvalue weighted by molar-refractivity contribution is 8.01. The third kappa shape index (κ3) is 4.36. The van der Waals surface area contributed by atoms with Crippen LogP contribution in [0.5, 0.6) is 0 Å². The molecule has 0 bridgehead atoms. The maximum atomic E-state index is 12.9. The van der Waals surface area contributed by atoms with Gasteiger partial charge in [0.1, 0.15) is 0 Å². The third-order valence-corrected chi connectivity index (χ3v) is 6.29. The van der Waals surface area contributed by atoms with E-state index in [9.17, 15) is 27.6 Å². The minimum atomic E-state index is -4.53. The van der Waals surface area contributed by atoms with E-state index in [1.165, 1.54) is 6.07 Å². The summed E-state index contributed by atoms with van der Waals surface area (Å²) in [6, 6.07) is 10.3. The van der Waals surface area contributed by atoms with Gasteiger partial charge in [-0.15, -0.1) is 11.8 Å². The Morgan fingerprint density at radius 3 is 2.66 bits per heavy atom. The standard InChI is InChI=1S/C22H17F3N2O4S/c1-11-20(13-4-2-3-5-14(13)26-11)16(28)10-31-19(29)9-18-21(30)27-15-8-12(22(23,24)25)6-7-17(15)32-18/h2-8,18,26H,9-10H2,1H3,(H,27,30). The van der Waals surface area contributed by atoms with E-state index in [1.807, 2.05) is 12.1 Å². The Morgan fingerprint density at radius 2 is 1.91 bits per heavy atom. The van der Waals surface area contributed by atoms with Crippen LogP contribution in [0.2, 0.25) is 0 Å². The lowest BCUT2D eigenvalue weighted by atomic mass is 10.1. The summed E-state index contributed by atoms with van der Waals surface area (Å²) in [7, 11) is 0. The van der Waals surface area contributed by atoms with Crippen LogP contribution in [-0.2, 0) is 20.5 Å². The van der Waals surface area contributed by atoms with E-state index in [2.05, 4.69) is 10.3 Å². The number of para-hydroxylation sites is 1. The van der Waals surface area contributed by atoms with Crippen LogP contribution in [0.1, 0.15) is 28.0 Å². The van der Waals surface area contributed by atoms with E-state index in [0.29, 0.717) is 16.2 Å². The average molecular weight is 462 g/mol. The van der Waals surface area contributed by atoms with Crippen molar-refractivity contribution in [3.63, 3.8) is 0 Å². The number of amides is 1. The van der Waals surface area contributed by atoms with Gasteiger partial charge >= 0.3 is 12.1 Å². The number of alkyl halides is 3. The number of thioether (sulfide) groups is 1. The van der Waals surface area contributed by atoms with Crippen molar-refractivity contribution in [1.29, 1.82) is 0 Å². The summed E-state index contributed by atoms with van der Waals surface area (Å²) in [4.78, 5) is 40.7. The Labute approximate surface area is 184 Å². The first kappa shape index (κ1) is 21.9. The molecule has 4 rings (SSSR count). The minimum absolute atomic E-state index is 0.0458. The normalized spacial score (nSPS) is 15.9. The average Bonchev–Trinajstić information content (AvgIpc) is 3.07. The first-order valence-corrected chi connectivity index (χ1v) is 10.5. The predicted octanol–water partition coefficient (Wildman–Crippen LogP) is 4.72. The summed E-state index contributed by atoms with van der Waals surface area (Å²) in [6.07, 6.45) is -4.85. The fraction of sp³-hybridized carbons (Fsp3) is 0.227. The Kier molecular flexibility index (Phi) is 5.72. The second kappa shape index (κ2) is 8.34. The molecule has 166 valence electrons. The third-order valence-electron chi connectivity index (χ3n) is 5.02. The molecule has 0 spiro atoms. The Hall–Kier alpha value is -3.27. The van der Waals surface area contributed by atoms with Crippen LogP contribution >= 0.6 is 11.8 Å². The molecule has 10 heteroatoms. The number of aromatic amines is 1. The smallest absolute Gasteiger partial charge is 0.416 e. The second-order valence-corrected chi connectivity index (χ2v) is 8.51. The maximum Gasteiger partial charge on any atom is 0.416 e. The Morgan fingerprint density at radius 1 is 1.16 bits per heavy atom. The van der Waals surface area contributed by atoms with Crippen LogP contribution in [-0.4, -0.2) is 34.5 Å². The SMILES string of the molecule is Cc1[nH]c2ccccc2c1C(=O)COC(=O)CC1Sc2ccc(C(F)(F)F)cc2NC1=O. The number of carbonyl (C=O) groups excluding carboxylic acids is 3. The number of hydrogen-bond donors (Lipinski definition) is 2. The summed E-state index contributed by atoms with van der Waals surface area (Å²) in [5, 5.41) is 2.25. The molecule has 1 aliphatic rings. The first-order valence-electron chi connectivity index (χ1n) is 9.58. The number of ether oxygens (including phenoxy) is 1. The van der Waals surface area contributed by atoms with Gasteiger partial charge in [0.15, 0.2) is 6.61 Å². The number of carbonyl (C=O) groups is 3. The van der Waals surface area contributed by atoms with Gasteiger partial charge in [0.2, 0.25) is 11.7 Å². The topological polar surface area (TPSA) is 88.3 Å². The van der Waals surface area contributed by atoms with E-state index in [4.69, 9.17) is 4.74 Å². The van der Waals surface area contributed by atoms with E-state index in [0.717, 1.165) is 34.8 Å². The fourth-order valence-electron chi connectivity index (χ4n) is 3.53. The predicted molar refractivity (Wildman–Crippen MR) is 113 cm³/mol. The van der Waals surface area contributed by atoms with Gasteiger partial charge in [-0.1, -0.05) is 18.2 Å². The van der Waals surface area contributed by atoms with E-state index in [-0.39, 0.29) is 17.9 Å². The number of nitrogens with one attached hydrogen (secondary N) is 2. The maximum absolute atomic E-state index is 12.9. The quantitative estimate of drug-likeness (QED) is 0.423. The number of hydrogen-bond acceptors (Lipinski definition) is 5. The summed E-state index contributed by atoms with van der Waals surface area (Å²) in [6.45, 7) is 1.27. The molecule has 1 amide bonds. The number of halogens is 3. The minimum Gasteiger partial charge on any atom is -0.457 e. The highest BCUT2D eigenvalue weighted by Gasteiger charge is 2.34. The van der Waals surface area contributed by atoms with Gasteiger partial charge in [-0.3, -0.25) is 14.4 Å². The molecule has 3 aromatic rings. The van der Waals surface area contributed by atoms with Crippen LogP contribution < -0.4 is 5.32 Å². The van der Waals surface area contributed by atoms with Gasteiger partial charge in [-0.25, -0.2) is 0 Å². The number of aromatic nitrogens is 1. The molecule has 0 aliphatic carbocycles. The van der Waals surface area contributed by atoms with Crippen molar-refractivity contribution >= 4 is 46.0 Å². The van der Waals surface area contributed by atoms with Gasteiger partial charge in [0.05, 0.1) is 22.9 Å². The van der Waals surface area contributed by atoms with Gasteiger partial charge in [0.25, 0.3) is 0 Å². The summed E-state index contributed by atoms with van der Waals surface area (Å²) < 4.78 is 43.7. The van der Waals surface area contributed by atoms with Gasteiger partial charge < -0.3 is 15.0 Å². The second-order valence-electron chi connectivity index (χ2n) is 7.26. The fourth-order valence-corrected chi connectivity index (χ4v) is 4.60. The van der Waals surface area contributed by atoms with Crippen molar-refractivity contribution < 1.29 is 32.3 Å². The zero-order valence-corrected chi connectivity index (χ0v) is 17.5. The molecule has 0 saturated heterocycles. The van der Waals surface area contributed by atoms with Crippen molar-refractivity contribution in [2.75, 3.05) is 11.9 Å². The largest absolute Gasteiger partial charge is 0.457 e. The van der Waals surface area contributed by atoms with Crippen molar-refractivity contribution in [3.05, 3.63) is 59.3 Å². The van der Waals surface area contributed by atoms with Crippen LogP contribution in [0.15, 0.2) is 47.4 Å². The highest BCUT2D eigenvalue weighted by atomic mass is 32.2. The van der Waals surface area contributed by atoms with Gasteiger partial charge in [-0.05, 0) is 31.2 Å². The van der Waals surface area contributed by atoms with Crippen LogP contribution in [0.3, 0.4) is 0 Å². The monoisotopic (exact) mass is 462 g/mol. The van der Waals surface area contributed by atoms with Gasteiger partial charge in [-0.2, -0.15) is 13.2 Å². The molecular formula is C22H17F3N2O4S. The molecule has 0 fully saturated rings. The van der Waals surface area contributed by atoms with E-state index in [1.54, 1.807) is 19.1 Å².